The lowest BCUT2D eigenvalue weighted by Crippen LogP contribution is -2.23. The van der Waals surface area contributed by atoms with Crippen LogP contribution in [-0.2, 0) is 14.3 Å². The third kappa shape index (κ3) is 2.58. The minimum Gasteiger partial charge on any atom is -0.463 e. The molecule has 1 amide bonds. The van der Waals surface area contributed by atoms with Crippen LogP contribution >= 0.6 is 0 Å². The molecule has 78 valence electrons. The molecule has 1 heterocycles. The molecule has 0 atom stereocenters. The molecule has 0 radical (unpaired) electrons. The molecule has 0 bridgehead atoms. The molecule has 1 aliphatic heterocycles. The third-order valence-corrected chi connectivity index (χ3v) is 2.11. The highest BCUT2D eigenvalue weighted by Gasteiger charge is 2.21. The molecule has 1 rings (SSSR count). The Hall–Kier alpha value is -1.32. The predicted molar refractivity (Wildman–Crippen MR) is 51.3 cm³/mol. The first kappa shape index (κ1) is 10.8. The van der Waals surface area contributed by atoms with E-state index < -0.39 is 0 Å². The van der Waals surface area contributed by atoms with Gasteiger partial charge in [0.1, 0.15) is 0 Å². The second kappa shape index (κ2) is 4.79. The molecule has 4 nitrogen and oxygen atoms in total. The third-order valence-electron chi connectivity index (χ3n) is 2.11. The Morgan fingerprint density at radius 1 is 1.57 bits per heavy atom. The number of ether oxygens (including phenoxy) is 1. The number of allylic oxidation sites excluding steroid dienone is 1. The minimum absolute atomic E-state index is 0.0157. The van der Waals surface area contributed by atoms with E-state index in [1.54, 1.807) is 11.8 Å². The number of esters is 1. The second-order valence-electron chi connectivity index (χ2n) is 3.16. The smallest absolute Gasteiger partial charge is 0.332 e. The SMILES string of the molecule is CCOC(=O)/C=C1\CCCN1C(C)=O. The summed E-state index contributed by atoms with van der Waals surface area (Å²) in [4.78, 5) is 23.9. The first-order valence-electron chi connectivity index (χ1n) is 4.80. The largest absolute Gasteiger partial charge is 0.463 e. The fraction of sp³-hybridized carbons (Fsp3) is 0.600. The quantitative estimate of drug-likeness (QED) is 0.491. The lowest BCUT2D eigenvalue weighted by Gasteiger charge is -2.14. The molecule has 0 aromatic carbocycles. The molecular weight excluding hydrogens is 182 g/mol. The van der Waals surface area contributed by atoms with Crippen molar-refractivity contribution < 1.29 is 14.3 Å². The molecule has 14 heavy (non-hydrogen) atoms. The molecule has 1 aliphatic rings. The second-order valence-corrected chi connectivity index (χ2v) is 3.16. The van der Waals surface area contributed by atoms with E-state index in [1.165, 1.54) is 13.0 Å². The maximum atomic E-state index is 11.1. The van der Waals surface area contributed by atoms with E-state index >= 15 is 0 Å². The number of nitrogens with zero attached hydrogens (tertiary/aromatic N) is 1. The zero-order valence-corrected chi connectivity index (χ0v) is 8.58. The zero-order valence-electron chi connectivity index (χ0n) is 8.58. The first-order valence-corrected chi connectivity index (χ1v) is 4.80. The Morgan fingerprint density at radius 2 is 2.29 bits per heavy atom. The average Bonchev–Trinajstić information content (AvgIpc) is 2.52. The van der Waals surface area contributed by atoms with Crippen molar-refractivity contribution in [2.75, 3.05) is 13.2 Å². The summed E-state index contributed by atoms with van der Waals surface area (Å²) in [5.74, 6) is -0.381. The number of carbonyl (C=O) groups is 2. The highest BCUT2D eigenvalue weighted by Crippen LogP contribution is 2.20. The molecule has 0 unspecified atom stereocenters. The number of likely N-dealkylation sites (tertiary alicyclic amines) is 1. The fourth-order valence-corrected chi connectivity index (χ4v) is 1.53. The molecule has 4 heteroatoms. The maximum Gasteiger partial charge on any atom is 0.332 e. The van der Waals surface area contributed by atoms with Crippen LogP contribution in [0.2, 0.25) is 0 Å². The van der Waals surface area contributed by atoms with E-state index in [0.29, 0.717) is 13.2 Å². The normalized spacial score (nSPS) is 18.7. The van der Waals surface area contributed by atoms with E-state index in [-0.39, 0.29) is 11.9 Å². The van der Waals surface area contributed by atoms with Gasteiger partial charge in [0.05, 0.1) is 6.61 Å². The van der Waals surface area contributed by atoms with Crippen molar-refractivity contribution in [3.8, 4) is 0 Å². The molecule has 0 spiro atoms. The number of carbonyl (C=O) groups excluding carboxylic acids is 2. The average molecular weight is 197 g/mol. The Balaban J connectivity index is 2.66. The van der Waals surface area contributed by atoms with Crippen LogP contribution in [0.1, 0.15) is 26.7 Å². The van der Waals surface area contributed by atoms with Crippen LogP contribution in [0.4, 0.5) is 0 Å². The van der Waals surface area contributed by atoms with Crippen LogP contribution in [0.5, 0.6) is 0 Å². The predicted octanol–water partition coefficient (Wildman–Crippen LogP) is 1.08. The molecule has 0 N–H and O–H groups in total. The molecular formula is C10H15NO3. The topological polar surface area (TPSA) is 46.6 Å². The summed E-state index contributed by atoms with van der Waals surface area (Å²) in [5.41, 5.74) is 0.774. The van der Waals surface area contributed by atoms with Gasteiger partial charge in [-0.25, -0.2) is 4.79 Å². The van der Waals surface area contributed by atoms with Crippen LogP contribution in [-0.4, -0.2) is 29.9 Å². The van der Waals surface area contributed by atoms with Gasteiger partial charge in [-0.15, -0.1) is 0 Å². The molecule has 0 saturated carbocycles. The van der Waals surface area contributed by atoms with Gasteiger partial charge in [0.25, 0.3) is 0 Å². The zero-order chi connectivity index (χ0) is 10.6. The van der Waals surface area contributed by atoms with Crippen LogP contribution in [0.3, 0.4) is 0 Å². The molecule has 1 saturated heterocycles. The fourth-order valence-electron chi connectivity index (χ4n) is 1.53. The van der Waals surface area contributed by atoms with Gasteiger partial charge < -0.3 is 9.64 Å². The van der Waals surface area contributed by atoms with Crippen molar-refractivity contribution in [1.82, 2.24) is 4.90 Å². The maximum absolute atomic E-state index is 11.1. The van der Waals surface area contributed by atoms with Crippen molar-refractivity contribution in [1.29, 1.82) is 0 Å². The van der Waals surface area contributed by atoms with E-state index in [0.717, 1.165) is 18.5 Å². The lowest BCUT2D eigenvalue weighted by molar-refractivity contribution is -0.137. The number of rotatable bonds is 2. The van der Waals surface area contributed by atoms with Gasteiger partial charge in [-0.05, 0) is 19.8 Å². The Kier molecular flexibility index (Phi) is 3.68. The number of hydrogen-bond acceptors (Lipinski definition) is 3. The van der Waals surface area contributed by atoms with Gasteiger partial charge in [-0.1, -0.05) is 0 Å². The molecule has 0 aliphatic carbocycles. The number of hydrogen-bond donors (Lipinski definition) is 0. The summed E-state index contributed by atoms with van der Waals surface area (Å²) in [6, 6.07) is 0. The van der Waals surface area contributed by atoms with Crippen LogP contribution in [0.15, 0.2) is 11.8 Å². The number of amides is 1. The van der Waals surface area contributed by atoms with Crippen LogP contribution in [0, 0.1) is 0 Å². The summed E-state index contributed by atoms with van der Waals surface area (Å²) in [5, 5.41) is 0. The van der Waals surface area contributed by atoms with Gasteiger partial charge in [0, 0.05) is 25.2 Å². The van der Waals surface area contributed by atoms with Crippen LogP contribution in [0.25, 0.3) is 0 Å². The van der Waals surface area contributed by atoms with Gasteiger partial charge in [-0.3, -0.25) is 4.79 Å². The Morgan fingerprint density at radius 3 is 2.86 bits per heavy atom. The summed E-state index contributed by atoms with van der Waals surface area (Å²) in [6.07, 6.45) is 3.11. The van der Waals surface area contributed by atoms with Gasteiger partial charge in [0.2, 0.25) is 5.91 Å². The van der Waals surface area contributed by atoms with E-state index in [2.05, 4.69) is 0 Å². The molecule has 1 fully saturated rings. The van der Waals surface area contributed by atoms with Crippen molar-refractivity contribution in [3.05, 3.63) is 11.8 Å². The van der Waals surface area contributed by atoms with E-state index in [1.807, 2.05) is 0 Å². The van der Waals surface area contributed by atoms with E-state index in [4.69, 9.17) is 4.74 Å². The standard InChI is InChI=1S/C10H15NO3/c1-3-14-10(13)7-9-5-4-6-11(9)8(2)12/h7H,3-6H2,1-2H3/b9-7+. The van der Waals surface area contributed by atoms with Crippen LogP contribution < -0.4 is 0 Å². The van der Waals surface area contributed by atoms with Gasteiger partial charge >= 0.3 is 5.97 Å². The van der Waals surface area contributed by atoms with Crippen molar-refractivity contribution >= 4 is 11.9 Å². The Labute approximate surface area is 83.5 Å². The van der Waals surface area contributed by atoms with Gasteiger partial charge in [-0.2, -0.15) is 0 Å². The van der Waals surface area contributed by atoms with Crippen molar-refractivity contribution in [2.24, 2.45) is 0 Å². The monoisotopic (exact) mass is 197 g/mol. The lowest BCUT2D eigenvalue weighted by atomic mass is 10.3. The highest BCUT2D eigenvalue weighted by atomic mass is 16.5. The summed E-state index contributed by atoms with van der Waals surface area (Å²) >= 11 is 0. The molecule has 0 aromatic rings. The van der Waals surface area contributed by atoms with E-state index in [9.17, 15) is 9.59 Å². The van der Waals surface area contributed by atoms with Gasteiger partial charge in [0.15, 0.2) is 0 Å². The summed E-state index contributed by atoms with van der Waals surface area (Å²) in [6.45, 7) is 4.33. The summed E-state index contributed by atoms with van der Waals surface area (Å²) < 4.78 is 4.78. The minimum atomic E-state index is -0.365. The van der Waals surface area contributed by atoms with Crippen molar-refractivity contribution in [3.63, 3.8) is 0 Å². The Bertz CT molecular complexity index is 271. The first-order chi connectivity index (χ1) is 6.65. The van der Waals surface area contributed by atoms with Crippen molar-refractivity contribution in [2.45, 2.75) is 26.7 Å². The molecule has 0 aromatic heterocycles. The highest BCUT2D eigenvalue weighted by molar-refractivity contribution is 5.84. The summed E-state index contributed by atoms with van der Waals surface area (Å²) in [7, 11) is 0.